The first kappa shape index (κ1) is 16.4. The number of aryl methyl sites for hydroxylation is 1. The lowest BCUT2D eigenvalue weighted by atomic mass is 10.1. The van der Waals surface area contributed by atoms with Gasteiger partial charge in [0.25, 0.3) is 11.8 Å². The molecule has 0 unspecified atom stereocenters. The minimum atomic E-state index is -0.412. The van der Waals surface area contributed by atoms with E-state index in [-0.39, 0.29) is 5.91 Å². The van der Waals surface area contributed by atoms with Gasteiger partial charge in [0.15, 0.2) is 4.32 Å². The number of rotatable bonds is 3. The van der Waals surface area contributed by atoms with Crippen molar-refractivity contribution < 1.29 is 9.59 Å². The van der Waals surface area contributed by atoms with Crippen molar-refractivity contribution in [1.29, 1.82) is 0 Å². The van der Waals surface area contributed by atoms with E-state index in [1.54, 1.807) is 18.2 Å². The Morgan fingerprint density at radius 2 is 1.88 bits per heavy atom. The predicted octanol–water partition coefficient (Wildman–Crippen LogP) is 2.94. The van der Waals surface area contributed by atoms with Gasteiger partial charge in [0.1, 0.15) is 0 Å². The molecule has 0 radical (unpaired) electrons. The average molecular weight is 355 g/mol. The first-order valence-corrected chi connectivity index (χ1v) is 8.33. The molecule has 0 spiro atoms. The van der Waals surface area contributed by atoms with E-state index < -0.39 is 5.91 Å². The molecule has 1 N–H and O–H groups in total. The van der Waals surface area contributed by atoms with Crippen molar-refractivity contribution in [3.8, 4) is 0 Å². The Labute approximate surface area is 148 Å². The summed E-state index contributed by atoms with van der Waals surface area (Å²) in [6, 6.07) is 10.9. The zero-order valence-electron chi connectivity index (χ0n) is 12.7. The van der Waals surface area contributed by atoms with Crippen LogP contribution in [0.4, 0.5) is 0 Å². The van der Waals surface area contributed by atoms with Crippen molar-refractivity contribution in [2.45, 2.75) is 6.92 Å². The van der Waals surface area contributed by atoms with Gasteiger partial charge in [-0.2, -0.15) is 5.01 Å². The quantitative estimate of drug-likeness (QED) is 0.677. The second kappa shape index (κ2) is 6.94. The summed E-state index contributed by atoms with van der Waals surface area (Å²) in [6.07, 6.45) is 4.78. The van der Waals surface area contributed by atoms with E-state index in [1.165, 1.54) is 12.4 Å². The van der Waals surface area contributed by atoms with E-state index in [0.29, 0.717) is 14.8 Å². The maximum atomic E-state index is 12.5. The number of carbonyl (C=O) groups is 2. The number of benzene rings is 1. The molecule has 0 atom stereocenters. The molecule has 120 valence electrons. The highest BCUT2D eigenvalue weighted by Crippen LogP contribution is 2.31. The topological polar surface area (TPSA) is 62.3 Å². The summed E-state index contributed by atoms with van der Waals surface area (Å²) in [7, 11) is 0. The number of thiocarbonyl (C=S) groups is 1. The lowest BCUT2D eigenvalue weighted by Crippen LogP contribution is -2.44. The smallest absolute Gasteiger partial charge is 0.267 e. The normalized spacial score (nSPS) is 15.9. The number of pyridine rings is 1. The number of hydrogen-bond donors (Lipinski definition) is 1. The average Bonchev–Trinajstić information content (AvgIpc) is 2.85. The van der Waals surface area contributed by atoms with Crippen LogP contribution < -0.4 is 5.43 Å². The summed E-state index contributed by atoms with van der Waals surface area (Å²) in [5.74, 6) is -0.752. The number of amides is 2. The van der Waals surface area contributed by atoms with Gasteiger partial charge in [0, 0.05) is 18.0 Å². The lowest BCUT2D eigenvalue weighted by Gasteiger charge is -2.15. The molecule has 2 amide bonds. The Hall–Kier alpha value is -2.51. The van der Waals surface area contributed by atoms with Gasteiger partial charge in [-0.3, -0.25) is 20.0 Å². The third-order valence-corrected chi connectivity index (χ3v) is 4.63. The van der Waals surface area contributed by atoms with Crippen LogP contribution in [0.15, 0.2) is 53.7 Å². The molecule has 0 saturated carbocycles. The van der Waals surface area contributed by atoms with Gasteiger partial charge in [-0.25, -0.2) is 0 Å². The van der Waals surface area contributed by atoms with Crippen LogP contribution >= 0.6 is 24.0 Å². The Morgan fingerprint density at radius 1 is 1.21 bits per heavy atom. The minimum absolute atomic E-state index is 0.292. The molecule has 1 aliphatic heterocycles. The fourth-order valence-corrected chi connectivity index (χ4v) is 3.23. The largest absolute Gasteiger partial charge is 0.285 e. The maximum absolute atomic E-state index is 12.5. The fraction of sp³-hybridized carbons (Fsp3) is 0.0588. The summed E-state index contributed by atoms with van der Waals surface area (Å²) >= 11 is 6.36. The first-order chi connectivity index (χ1) is 11.5. The predicted molar refractivity (Wildman–Crippen MR) is 97.9 cm³/mol. The molecule has 5 nitrogen and oxygen atoms in total. The number of hydrogen-bond acceptors (Lipinski definition) is 5. The molecule has 2 aromatic rings. The van der Waals surface area contributed by atoms with E-state index in [2.05, 4.69) is 10.4 Å². The molecule has 1 aromatic heterocycles. The van der Waals surface area contributed by atoms with Gasteiger partial charge in [-0.1, -0.05) is 41.6 Å². The number of nitrogens with one attached hydrogen (secondary N) is 1. The second-order valence-electron chi connectivity index (χ2n) is 5.10. The van der Waals surface area contributed by atoms with E-state index in [9.17, 15) is 9.59 Å². The summed E-state index contributed by atoms with van der Waals surface area (Å²) in [6.45, 7) is 2.00. The molecule has 24 heavy (non-hydrogen) atoms. The van der Waals surface area contributed by atoms with Crippen LogP contribution in [-0.2, 0) is 4.79 Å². The van der Waals surface area contributed by atoms with Gasteiger partial charge in [-0.05, 0) is 42.9 Å². The first-order valence-electron chi connectivity index (χ1n) is 7.10. The summed E-state index contributed by atoms with van der Waals surface area (Å²) in [5, 5.41) is 1.10. The van der Waals surface area contributed by atoms with Crippen molar-refractivity contribution in [2.75, 3.05) is 0 Å². The van der Waals surface area contributed by atoms with Crippen LogP contribution in [0.5, 0.6) is 0 Å². The van der Waals surface area contributed by atoms with E-state index in [1.807, 2.05) is 31.2 Å². The van der Waals surface area contributed by atoms with E-state index in [0.717, 1.165) is 27.9 Å². The Balaban J connectivity index is 1.77. The maximum Gasteiger partial charge on any atom is 0.285 e. The lowest BCUT2D eigenvalue weighted by molar-refractivity contribution is -0.123. The molecule has 2 heterocycles. The third kappa shape index (κ3) is 3.52. The Kier molecular flexibility index (Phi) is 4.73. The highest BCUT2D eigenvalue weighted by Gasteiger charge is 2.33. The number of carbonyl (C=O) groups excluding carboxylic acids is 2. The summed E-state index contributed by atoms with van der Waals surface area (Å²) in [5.41, 5.74) is 4.99. The van der Waals surface area contributed by atoms with Crippen LogP contribution in [-0.4, -0.2) is 26.1 Å². The van der Waals surface area contributed by atoms with E-state index >= 15 is 0 Å². The summed E-state index contributed by atoms with van der Waals surface area (Å²) in [4.78, 5) is 29.0. The van der Waals surface area contributed by atoms with Crippen LogP contribution in [0.1, 0.15) is 21.5 Å². The van der Waals surface area contributed by atoms with Crippen molar-refractivity contribution in [1.82, 2.24) is 15.4 Å². The van der Waals surface area contributed by atoms with Gasteiger partial charge in [0.2, 0.25) is 0 Å². The molecular formula is C17H13N3O2S2. The van der Waals surface area contributed by atoms with Crippen molar-refractivity contribution in [2.24, 2.45) is 0 Å². The number of thioether (sulfide) groups is 1. The Bertz CT molecular complexity index is 833. The monoisotopic (exact) mass is 355 g/mol. The minimum Gasteiger partial charge on any atom is -0.267 e. The highest BCUT2D eigenvalue weighted by atomic mass is 32.2. The number of aromatic nitrogens is 1. The molecule has 1 aliphatic rings. The van der Waals surface area contributed by atoms with Crippen molar-refractivity contribution >= 4 is 46.2 Å². The molecule has 1 saturated heterocycles. The molecule has 7 heteroatoms. The standard InChI is InChI=1S/C17H13N3O2S2/c1-11-2-4-12(5-3-11)10-14-16(22)20(17(23)24-14)19-15(21)13-6-8-18-9-7-13/h2-10H,1H3,(H,19,21)/b14-10+. The van der Waals surface area contributed by atoms with Crippen molar-refractivity contribution in [3.05, 3.63) is 70.4 Å². The number of nitrogens with zero attached hydrogens (tertiary/aromatic N) is 2. The van der Waals surface area contributed by atoms with Crippen LogP contribution in [0, 0.1) is 6.92 Å². The van der Waals surface area contributed by atoms with E-state index in [4.69, 9.17) is 12.2 Å². The van der Waals surface area contributed by atoms with Crippen LogP contribution in [0.25, 0.3) is 6.08 Å². The second-order valence-corrected chi connectivity index (χ2v) is 6.78. The summed E-state index contributed by atoms with van der Waals surface area (Å²) < 4.78 is 0.292. The van der Waals surface area contributed by atoms with Crippen LogP contribution in [0.3, 0.4) is 0 Å². The molecular weight excluding hydrogens is 342 g/mol. The van der Waals surface area contributed by atoms with Gasteiger partial charge in [0.05, 0.1) is 4.91 Å². The SMILES string of the molecule is Cc1ccc(/C=C2/SC(=S)N(NC(=O)c3ccncc3)C2=O)cc1. The zero-order chi connectivity index (χ0) is 17.1. The number of hydrazine groups is 1. The van der Waals surface area contributed by atoms with Crippen LogP contribution in [0.2, 0.25) is 0 Å². The fourth-order valence-electron chi connectivity index (χ4n) is 2.05. The van der Waals surface area contributed by atoms with Gasteiger partial charge < -0.3 is 0 Å². The van der Waals surface area contributed by atoms with Gasteiger partial charge >= 0.3 is 0 Å². The molecule has 1 aromatic carbocycles. The highest BCUT2D eigenvalue weighted by molar-refractivity contribution is 8.26. The van der Waals surface area contributed by atoms with Crippen molar-refractivity contribution in [3.63, 3.8) is 0 Å². The third-order valence-electron chi connectivity index (χ3n) is 3.32. The van der Waals surface area contributed by atoms with Gasteiger partial charge in [-0.15, -0.1) is 0 Å². The Morgan fingerprint density at radius 3 is 2.54 bits per heavy atom. The molecule has 0 bridgehead atoms. The zero-order valence-corrected chi connectivity index (χ0v) is 14.4. The molecule has 3 rings (SSSR count). The molecule has 0 aliphatic carbocycles. The molecule has 1 fully saturated rings.